The molecule has 0 radical (unpaired) electrons. The third-order valence-corrected chi connectivity index (χ3v) is 2.72. The molecule has 0 unspecified atom stereocenters. The summed E-state index contributed by atoms with van der Waals surface area (Å²) < 4.78 is 0. The van der Waals surface area contributed by atoms with Gasteiger partial charge in [-0.05, 0) is 32.1 Å². The summed E-state index contributed by atoms with van der Waals surface area (Å²) in [4.78, 5) is 13.9. The molecule has 0 spiro atoms. The van der Waals surface area contributed by atoms with Crippen molar-refractivity contribution in [3.8, 4) is 0 Å². The number of rotatable bonds is 6. The van der Waals surface area contributed by atoms with Crippen molar-refractivity contribution in [1.29, 1.82) is 0 Å². The van der Waals surface area contributed by atoms with Crippen LogP contribution in [0.2, 0.25) is 0 Å². The molecule has 0 aliphatic rings. The predicted molar refractivity (Wildman–Crippen MR) is 72.7 cm³/mol. The van der Waals surface area contributed by atoms with Crippen molar-refractivity contribution in [3.63, 3.8) is 0 Å². The number of likely N-dealkylation sites (N-methyl/N-ethyl adjacent to an activating group) is 1. The van der Waals surface area contributed by atoms with Crippen molar-refractivity contribution in [3.05, 3.63) is 35.4 Å². The van der Waals surface area contributed by atoms with Crippen molar-refractivity contribution >= 4 is 5.91 Å². The lowest BCUT2D eigenvalue weighted by Crippen LogP contribution is -2.38. The Balaban J connectivity index is 2.55. The summed E-state index contributed by atoms with van der Waals surface area (Å²) in [5.74, 6) is -0.120. The minimum Gasteiger partial charge on any atom is -0.390 e. The van der Waals surface area contributed by atoms with E-state index in [2.05, 4.69) is 5.32 Å². The number of aryl methyl sites for hydroxylation is 1. The van der Waals surface area contributed by atoms with Crippen LogP contribution in [-0.4, -0.2) is 49.2 Å². The van der Waals surface area contributed by atoms with E-state index >= 15 is 0 Å². The molecule has 1 amide bonds. The molecule has 1 atom stereocenters. The number of nitrogens with one attached hydrogen (secondary N) is 1. The summed E-state index contributed by atoms with van der Waals surface area (Å²) >= 11 is 0. The number of carbonyl (C=O) groups is 1. The first kappa shape index (κ1) is 14.7. The molecule has 0 heterocycles. The van der Waals surface area contributed by atoms with Gasteiger partial charge < -0.3 is 15.3 Å². The number of carbonyl (C=O) groups excluding carboxylic acids is 1. The van der Waals surface area contributed by atoms with Gasteiger partial charge in [-0.15, -0.1) is 0 Å². The molecule has 1 rings (SSSR count). The fourth-order valence-corrected chi connectivity index (χ4v) is 1.84. The minimum absolute atomic E-state index is 0.120. The zero-order valence-electron chi connectivity index (χ0n) is 11.3. The van der Waals surface area contributed by atoms with Crippen molar-refractivity contribution in [2.75, 3.05) is 27.2 Å². The Morgan fingerprint density at radius 1 is 1.39 bits per heavy atom. The van der Waals surface area contributed by atoms with Crippen molar-refractivity contribution in [2.45, 2.75) is 19.4 Å². The number of hydrogen-bond donors (Lipinski definition) is 2. The zero-order valence-corrected chi connectivity index (χ0v) is 11.3. The zero-order chi connectivity index (χ0) is 13.5. The van der Waals surface area contributed by atoms with Gasteiger partial charge in [-0.1, -0.05) is 25.1 Å². The number of aliphatic hydroxyl groups is 1. The van der Waals surface area contributed by atoms with Gasteiger partial charge in [0.25, 0.3) is 5.91 Å². The third kappa shape index (κ3) is 4.47. The number of amides is 1. The second-order valence-electron chi connectivity index (χ2n) is 4.64. The fraction of sp³-hybridized carbons (Fsp3) is 0.500. The molecule has 0 aliphatic heterocycles. The lowest BCUT2D eigenvalue weighted by atomic mass is 10.0. The monoisotopic (exact) mass is 250 g/mol. The van der Waals surface area contributed by atoms with Crippen LogP contribution in [0.1, 0.15) is 22.8 Å². The summed E-state index contributed by atoms with van der Waals surface area (Å²) in [6, 6.07) is 7.54. The van der Waals surface area contributed by atoms with Crippen LogP contribution in [0.3, 0.4) is 0 Å². The molecule has 0 aromatic heterocycles. The van der Waals surface area contributed by atoms with E-state index in [-0.39, 0.29) is 12.5 Å². The van der Waals surface area contributed by atoms with Gasteiger partial charge in [0, 0.05) is 18.7 Å². The SMILES string of the molecule is CCc1ccccc1C(=O)NC[C@H](O)CN(C)C. The molecule has 1 aromatic carbocycles. The van der Waals surface area contributed by atoms with Crippen LogP contribution in [0.4, 0.5) is 0 Å². The van der Waals surface area contributed by atoms with Gasteiger partial charge in [0.05, 0.1) is 6.10 Å². The number of hydrogen-bond acceptors (Lipinski definition) is 3. The smallest absolute Gasteiger partial charge is 0.251 e. The highest BCUT2D eigenvalue weighted by atomic mass is 16.3. The normalized spacial score (nSPS) is 12.5. The topological polar surface area (TPSA) is 52.6 Å². The molecule has 0 aliphatic carbocycles. The van der Waals surface area contributed by atoms with E-state index in [1.807, 2.05) is 50.2 Å². The quantitative estimate of drug-likeness (QED) is 0.789. The highest BCUT2D eigenvalue weighted by Gasteiger charge is 2.11. The summed E-state index contributed by atoms with van der Waals surface area (Å²) in [6.07, 6.45) is 0.279. The molecule has 4 heteroatoms. The van der Waals surface area contributed by atoms with Crippen LogP contribution in [0.5, 0.6) is 0 Å². The van der Waals surface area contributed by atoms with E-state index < -0.39 is 6.10 Å². The number of nitrogens with zero attached hydrogens (tertiary/aromatic N) is 1. The van der Waals surface area contributed by atoms with Gasteiger partial charge in [-0.2, -0.15) is 0 Å². The van der Waals surface area contributed by atoms with Crippen molar-refractivity contribution in [1.82, 2.24) is 10.2 Å². The van der Waals surface area contributed by atoms with Crippen LogP contribution >= 0.6 is 0 Å². The highest BCUT2D eigenvalue weighted by molar-refractivity contribution is 5.95. The van der Waals surface area contributed by atoms with Gasteiger partial charge in [0.15, 0.2) is 0 Å². The molecular formula is C14H22N2O2. The molecule has 2 N–H and O–H groups in total. The maximum Gasteiger partial charge on any atom is 0.251 e. The number of benzene rings is 1. The van der Waals surface area contributed by atoms with E-state index in [0.717, 1.165) is 12.0 Å². The first-order valence-electron chi connectivity index (χ1n) is 6.23. The van der Waals surface area contributed by atoms with E-state index in [1.165, 1.54) is 0 Å². The minimum atomic E-state index is -0.544. The first-order valence-corrected chi connectivity index (χ1v) is 6.23. The van der Waals surface area contributed by atoms with Gasteiger partial charge in [-0.25, -0.2) is 0 Å². The number of aliphatic hydroxyl groups excluding tert-OH is 1. The standard InChI is InChI=1S/C14H22N2O2/c1-4-11-7-5-6-8-13(11)14(18)15-9-12(17)10-16(2)3/h5-8,12,17H,4,9-10H2,1-3H3,(H,15,18)/t12-/m0/s1. The molecular weight excluding hydrogens is 228 g/mol. The molecule has 0 bridgehead atoms. The van der Waals surface area contributed by atoms with E-state index in [4.69, 9.17) is 0 Å². The third-order valence-electron chi connectivity index (χ3n) is 2.72. The summed E-state index contributed by atoms with van der Waals surface area (Å²) in [5, 5.41) is 12.4. The van der Waals surface area contributed by atoms with E-state index in [1.54, 1.807) is 0 Å². The Hall–Kier alpha value is -1.39. The average Bonchev–Trinajstić information content (AvgIpc) is 2.35. The Morgan fingerprint density at radius 3 is 2.67 bits per heavy atom. The second-order valence-corrected chi connectivity index (χ2v) is 4.64. The van der Waals surface area contributed by atoms with Gasteiger partial charge in [0.2, 0.25) is 0 Å². The molecule has 0 fully saturated rings. The summed E-state index contributed by atoms with van der Waals surface area (Å²) in [6.45, 7) is 2.83. The van der Waals surface area contributed by atoms with Crippen LogP contribution in [0.25, 0.3) is 0 Å². The van der Waals surface area contributed by atoms with Crippen molar-refractivity contribution in [2.24, 2.45) is 0 Å². The highest BCUT2D eigenvalue weighted by Crippen LogP contribution is 2.09. The maximum atomic E-state index is 12.0. The summed E-state index contributed by atoms with van der Waals surface area (Å²) in [7, 11) is 3.77. The Labute approximate surface area is 109 Å². The van der Waals surface area contributed by atoms with Gasteiger partial charge in [-0.3, -0.25) is 4.79 Å². The molecule has 0 saturated heterocycles. The Morgan fingerprint density at radius 2 is 2.06 bits per heavy atom. The molecule has 4 nitrogen and oxygen atoms in total. The Kier molecular flexibility index (Phi) is 5.82. The lowest BCUT2D eigenvalue weighted by Gasteiger charge is -2.16. The predicted octanol–water partition coefficient (Wildman–Crippen LogP) is 0.901. The second kappa shape index (κ2) is 7.13. The van der Waals surface area contributed by atoms with Crippen LogP contribution < -0.4 is 5.32 Å². The lowest BCUT2D eigenvalue weighted by molar-refractivity contribution is 0.0891. The van der Waals surface area contributed by atoms with Gasteiger partial charge in [0.1, 0.15) is 0 Å². The fourth-order valence-electron chi connectivity index (χ4n) is 1.84. The van der Waals surface area contributed by atoms with Gasteiger partial charge >= 0.3 is 0 Å². The van der Waals surface area contributed by atoms with E-state index in [9.17, 15) is 9.90 Å². The Bertz CT molecular complexity index is 391. The molecule has 0 saturated carbocycles. The first-order chi connectivity index (χ1) is 8.54. The van der Waals surface area contributed by atoms with Crippen LogP contribution in [-0.2, 0) is 6.42 Å². The van der Waals surface area contributed by atoms with Crippen LogP contribution in [0.15, 0.2) is 24.3 Å². The molecule has 1 aromatic rings. The van der Waals surface area contributed by atoms with Crippen molar-refractivity contribution < 1.29 is 9.90 Å². The molecule has 18 heavy (non-hydrogen) atoms. The van der Waals surface area contributed by atoms with Crippen LogP contribution in [0, 0.1) is 0 Å². The average molecular weight is 250 g/mol. The molecule has 100 valence electrons. The maximum absolute atomic E-state index is 12.0. The largest absolute Gasteiger partial charge is 0.390 e. The summed E-state index contributed by atoms with van der Waals surface area (Å²) in [5.41, 5.74) is 1.72. The van der Waals surface area contributed by atoms with E-state index in [0.29, 0.717) is 12.1 Å².